The molecule has 1 atom stereocenters. The van der Waals surface area contributed by atoms with E-state index in [0.717, 1.165) is 30.3 Å². The molecule has 4 aliphatic carbocycles. The highest BCUT2D eigenvalue weighted by atomic mass is 16.5. The number of ether oxygens (including phenoxy) is 1. The molecule has 0 aromatic heterocycles. The van der Waals surface area contributed by atoms with Crippen molar-refractivity contribution >= 4 is 0 Å². The molecule has 4 fully saturated rings. The average molecular weight is 293 g/mol. The average Bonchev–Trinajstić information content (AvgIpc) is 2.49. The molecule has 1 unspecified atom stereocenters. The molecule has 0 radical (unpaired) electrons. The number of hydrogen-bond donors (Lipinski definition) is 0. The minimum atomic E-state index is 0.108. The van der Waals surface area contributed by atoms with Crippen molar-refractivity contribution in [2.24, 2.45) is 23.7 Å². The van der Waals surface area contributed by atoms with Gasteiger partial charge in [0.15, 0.2) is 0 Å². The summed E-state index contributed by atoms with van der Waals surface area (Å²) in [7, 11) is 0. The van der Waals surface area contributed by atoms with Gasteiger partial charge in [0.1, 0.15) is 0 Å². The van der Waals surface area contributed by atoms with Gasteiger partial charge in [0.05, 0.1) is 5.60 Å². The topological polar surface area (TPSA) is 9.23 Å². The van der Waals surface area contributed by atoms with Crippen molar-refractivity contribution < 1.29 is 4.74 Å². The second kappa shape index (κ2) is 7.02. The third kappa shape index (κ3) is 4.47. The lowest BCUT2D eigenvalue weighted by Crippen LogP contribution is -2.37. The minimum Gasteiger partial charge on any atom is -0.376 e. The van der Waals surface area contributed by atoms with E-state index in [4.69, 9.17) is 4.74 Å². The first-order chi connectivity index (χ1) is 10.1. The summed E-state index contributed by atoms with van der Waals surface area (Å²) in [5, 5.41) is 0. The fourth-order valence-corrected chi connectivity index (χ4v) is 5.43. The number of hydrogen-bond acceptors (Lipinski definition) is 1. The minimum absolute atomic E-state index is 0.108. The number of rotatable bonds is 6. The van der Waals surface area contributed by atoms with Crippen molar-refractivity contribution in [2.75, 3.05) is 6.61 Å². The maximum atomic E-state index is 6.34. The van der Waals surface area contributed by atoms with Crippen LogP contribution >= 0.6 is 0 Å². The Hall–Kier alpha value is -0.0400. The van der Waals surface area contributed by atoms with Crippen LogP contribution < -0.4 is 0 Å². The van der Waals surface area contributed by atoms with E-state index in [1.165, 1.54) is 77.0 Å². The third-order valence-corrected chi connectivity index (χ3v) is 6.69. The van der Waals surface area contributed by atoms with Gasteiger partial charge in [-0.3, -0.25) is 0 Å². The smallest absolute Gasteiger partial charge is 0.0629 e. The first kappa shape index (κ1) is 15.8. The van der Waals surface area contributed by atoms with Gasteiger partial charge in [-0.2, -0.15) is 0 Å². The summed E-state index contributed by atoms with van der Waals surface area (Å²) in [6, 6.07) is 0. The van der Waals surface area contributed by atoms with E-state index in [1.54, 1.807) is 0 Å². The second-order valence-corrected chi connectivity index (χ2v) is 8.88. The second-order valence-electron chi connectivity index (χ2n) is 8.88. The van der Waals surface area contributed by atoms with Crippen molar-refractivity contribution in [3.05, 3.63) is 0 Å². The van der Waals surface area contributed by atoms with E-state index in [1.807, 2.05) is 0 Å². The van der Waals surface area contributed by atoms with Crippen LogP contribution in [0.25, 0.3) is 0 Å². The fraction of sp³-hybridized carbons (Fsp3) is 1.00. The van der Waals surface area contributed by atoms with Crippen LogP contribution in [0, 0.1) is 23.7 Å². The van der Waals surface area contributed by atoms with Crippen LogP contribution in [0.15, 0.2) is 0 Å². The van der Waals surface area contributed by atoms with Gasteiger partial charge in [-0.05, 0) is 69.6 Å². The highest BCUT2D eigenvalue weighted by molar-refractivity contribution is 4.89. The maximum absolute atomic E-state index is 6.34. The van der Waals surface area contributed by atoms with Crippen LogP contribution in [-0.2, 0) is 4.74 Å². The Morgan fingerprint density at radius 2 is 1.62 bits per heavy atom. The SMILES string of the molecule is CC(C)(CC1CC2CCC1CC2)OCCC1CCCCC1. The van der Waals surface area contributed by atoms with Crippen molar-refractivity contribution in [1.29, 1.82) is 0 Å². The molecule has 0 spiro atoms. The molecule has 4 saturated carbocycles. The van der Waals surface area contributed by atoms with Crippen LogP contribution in [0.5, 0.6) is 0 Å². The zero-order valence-corrected chi connectivity index (χ0v) is 14.4. The fourth-order valence-electron chi connectivity index (χ4n) is 5.43. The summed E-state index contributed by atoms with van der Waals surface area (Å²) in [4.78, 5) is 0. The molecule has 4 aliphatic rings. The summed E-state index contributed by atoms with van der Waals surface area (Å²) >= 11 is 0. The molecule has 1 nitrogen and oxygen atoms in total. The quantitative estimate of drug-likeness (QED) is 0.586. The molecule has 0 aromatic carbocycles. The zero-order valence-electron chi connectivity index (χ0n) is 14.4. The van der Waals surface area contributed by atoms with Gasteiger partial charge in [0, 0.05) is 6.61 Å². The molecule has 0 heterocycles. The first-order valence-corrected chi connectivity index (χ1v) is 9.76. The normalized spacial score (nSPS) is 34.3. The van der Waals surface area contributed by atoms with E-state index >= 15 is 0 Å². The van der Waals surface area contributed by atoms with Crippen molar-refractivity contribution in [2.45, 2.75) is 96.5 Å². The lowest BCUT2D eigenvalue weighted by Gasteiger charge is -2.45. The zero-order chi connectivity index (χ0) is 14.7. The van der Waals surface area contributed by atoms with E-state index in [9.17, 15) is 0 Å². The predicted molar refractivity (Wildman–Crippen MR) is 89.4 cm³/mol. The highest BCUT2D eigenvalue weighted by Gasteiger charge is 2.38. The summed E-state index contributed by atoms with van der Waals surface area (Å²) in [5.74, 6) is 4.00. The molecule has 0 N–H and O–H groups in total. The Morgan fingerprint density at radius 3 is 2.24 bits per heavy atom. The van der Waals surface area contributed by atoms with Crippen LogP contribution in [0.1, 0.15) is 90.9 Å². The third-order valence-electron chi connectivity index (χ3n) is 6.69. The predicted octanol–water partition coefficient (Wildman–Crippen LogP) is 5.97. The molecular formula is C20H36O. The largest absolute Gasteiger partial charge is 0.376 e. The van der Waals surface area contributed by atoms with Crippen LogP contribution in [-0.4, -0.2) is 12.2 Å². The Kier molecular flexibility index (Phi) is 5.30. The van der Waals surface area contributed by atoms with Crippen LogP contribution in [0.2, 0.25) is 0 Å². The molecule has 4 rings (SSSR count). The van der Waals surface area contributed by atoms with E-state index in [0.29, 0.717) is 0 Å². The van der Waals surface area contributed by atoms with E-state index in [2.05, 4.69) is 13.8 Å². The molecule has 122 valence electrons. The monoisotopic (exact) mass is 292 g/mol. The summed E-state index contributed by atoms with van der Waals surface area (Å²) in [6.45, 7) is 5.69. The van der Waals surface area contributed by atoms with Gasteiger partial charge in [-0.1, -0.05) is 44.9 Å². The van der Waals surface area contributed by atoms with Gasteiger partial charge in [-0.25, -0.2) is 0 Å². The molecule has 0 saturated heterocycles. The van der Waals surface area contributed by atoms with Gasteiger partial charge in [-0.15, -0.1) is 0 Å². The maximum Gasteiger partial charge on any atom is 0.0629 e. The summed E-state index contributed by atoms with van der Waals surface area (Å²) in [5.41, 5.74) is 0.108. The van der Waals surface area contributed by atoms with Gasteiger partial charge >= 0.3 is 0 Å². The van der Waals surface area contributed by atoms with Crippen molar-refractivity contribution in [1.82, 2.24) is 0 Å². The van der Waals surface area contributed by atoms with E-state index in [-0.39, 0.29) is 5.60 Å². The molecular weight excluding hydrogens is 256 g/mol. The van der Waals surface area contributed by atoms with Crippen LogP contribution in [0.4, 0.5) is 0 Å². The van der Waals surface area contributed by atoms with E-state index < -0.39 is 0 Å². The highest BCUT2D eigenvalue weighted by Crippen LogP contribution is 2.47. The Labute approximate surface area is 132 Å². The standard InChI is InChI=1S/C20H36O/c1-20(2,21-13-12-16-6-4-3-5-7-16)15-19-14-17-8-10-18(19)11-9-17/h16-19H,3-15H2,1-2H3. The van der Waals surface area contributed by atoms with Gasteiger partial charge in [0.2, 0.25) is 0 Å². The Balaban J connectivity index is 1.39. The lowest BCUT2D eigenvalue weighted by atomic mass is 9.62. The van der Waals surface area contributed by atoms with Gasteiger partial charge < -0.3 is 4.74 Å². The Bertz CT molecular complexity index is 308. The molecule has 0 aliphatic heterocycles. The molecule has 2 bridgehead atoms. The number of fused-ring (bicyclic) bond motifs is 3. The summed E-state index contributed by atoms with van der Waals surface area (Å²) in [6.07, 6.45) is 17.5. The summed E-state index contributed by atoms with van der Waals surface area (Å²) < 4.78 is 6.34. The molecule has 1 heteroatoms. The van der Waals surface area contributed by atoms with Crippen molar-refractivity contribution in [3.63, 3.8) is 0 Å². The first-order valence-electron chi connectivity index (χ1n) is 9.76. The lowest BCUT2D eigenvalue weighted by molar-refractivity contribution is -0.0590. The van der Waals surface area contributed by atoms with Crippen molar-refractivity contribution in [3.8, 4) is 0 Å². The van der Waals surface area contributed by atoms with Crippen LogP contribution in [0.3, 0.4) is 0 Å². The molecule has 0 aromatic rings. The molecule has 21 heavy (non-hydrogen) atoms. The molecule has 0 amide bonds. The van der Waals surface area contributed by atoms with Gasteiger partial charge in [0.25, 0.3) is 0 Å². The Morgan fingerprint density at radius 1 is 0.905 bits per heavy atom.